The van der Waals surface area contributed by atoms with E-state index in [2.05, 4.69) is 15.6 Å². The Hall–Kier alpha value is -1.96. The number of hydrogen-bond donors (Lipinski definition) is 2. The number of likely N-dealkylation sites (tertiary alicyclic amines) is 1. The SMILES string of the molecule is CNC(=O)C1CCCCN1C(=O)Cn1cc(CN)nn1. The summed E-state index contributed by atoms with van der Waals surface area (Å²) in [5.41, 5.74) is 6.09. The number of carbonyl (C=O) groups is 2. The van der Waals surface area contributed by atoms with E-state index in [1.165, 1.54) is 4.68 Å². The molecule has 1 aliphatic rings. The van der Waals surface area contributed by atoms with Crippen LogP contribution in [0.1, 0.15) is 25.0 Å². The first kappa shape index (κ1) is 14.4. The van der Waals surface area contributed by atoms with Gasteiger partial charge in [-0.1, -0.05) is 5.21 Å². The second-order valence-corrected chi connectivity index (χ2v) is 4.82. The predicted octanol–water partition coefficient (Wildman–Crippen LogP) is -1.14. The quantitative estimate of drug-likeness (QED) is 0.725. The second kappa shape index (κ2) is 6.47. The summed E-state index contributed by atoms with van der Waals surface area (Å²) < 4.78 is 1.46. The van der Waals surface area contributed by atoms with Crippen molar-refractivity contribution in [1.29, 1.82) is 0 Å². The van der Waals surface area contributed by atoms with Crippen LogP contribution in [0, 0.1) is 0 Å². The molecular formula is C12H20N6O2. The lowest BCUT2D eigenvalue weighted by molar-refractivity contribution is -0.142. The molecule has 2 heterocycles. The molecule has 0 aliphatic carbocycles. The lowest BCUT2D eigenvalue weighted by Crippen LogP contribution is -2.52. The fraction of sp³-hybridized carbons (Fsp3) is 0.667. The van der Waals surface area contributed by atoms with E-state index in [1.54, 1.807) is 18.1 Å². The Labute approximate surface area is 117 Å². The fourth-order valence-corrected chi connectivity index (χ4v) is 2.41. The number of hydrogen-bond acceptors (Lipinski definition) is 5. The van der Waals surface area contributed by atoms with Crippen LogP contribution in [0.5, 0.6) is 0 Å². The fourth-order valence-electron chi connectivity index (χ4n) is 2.41. The Morgan fingerprint density at radius 2 is 2.30 bits per heavy atom. The molecule has 110 valence electrons. The first-order chi connectivity index (χ1) is 9.65. The van der Waals surface area contributed by atoms with Gasteiger partial charge in [-0.15, -0.1) is 5.10 Å². The standard InChI is InChI=1S/C12H20N6O2/c1-14-12(20)10-4-2-3-5-18(10)11(19)8-17-7-9(6-13)15-16-17/h7,10H,2-6,8,13H2,1H3,(H,14,20). The molecule has 1 aliphatic heterocycles. The molecular weight excluding hydrogens is 260 g/mol. The Kier molecular flexibility index (Phi) is 4.67. The zero-order valence-electron chi connectivity index (χ0n) is 11.6. The van der Waals surface area contributed by atoms with E-state index in [0.717, 1.165) is 12.8 Å². The van der Waals surface area contributed by atoms with Gasteiger partial charge in [0.2, 0.25) is 11.8 Å². The van der Waals surface area contributed by atoms with Gasteiger partial charge in [0.05, 0.1) is 11.9 Å². The largest absolute Gasteiger partial charge is 0.357 e. The smallest absolute Gasteiger partial charge is 0.245 e. The van der Waals surface area contributed by atoms with Crippen molar-refractivity contribution >= 4 is 11.8 Å². The topological polar surface area (TPSA) is 106 Å². The molecule has 0 saturated carbocycles. The van der Waals surface area contributed by atoms with Gasteiger partial charge in [-0.2, -0.15) is 0 Å². The summed E-state index contributed by atoms with van der Waals surface area (Å²) in [5, 5.41) is 10.3. The number of nitrogens with two attached hydrogens (primary N) is 1. The lowest BCUT2D eigenvalue weighted by Gasteiger charge is -2.34. The monoisotopic (exact) mass is 280 g/mol. The summed E-state index contributed by atoms with van der Waals surface area (Å²) in [6.45, 7) is 0.981. The van der Waals surface area contributed by atoms with Crippen molar-refractivity contribution < 1.29 is 9.59 Å². The normalized spacial score (nSPS) is 18.9. The van der Waals surface area contributed by atoms with Crippen LogP contribution in [-0.4, -0.2) is 51.3 Å². The van der Waals surface area contributed by atoms with Crippen molar-refractivity contribution in [2.45, 2.75) is 38.4 Å². The molecule has 0 bridgehead atoms. The number of carbonyl (C=O) groups excluding carboxylic acids is 2. The summed E-state index contributed by atoms with van der Waals surface area (Å²) in [6, 6.07) is -0.376. The van der Waals surface area contributed by atoms with Crippen LogP contribution in [0.4, 0.5) is 0 Å². The number of rotatable bonds is 4. The molecule has 0 spiro atoms. The summed E-state index contributed by atoms with van der Waals surface area (Å²) in [7, 11) is 1.59. The Morgan fingerprint density at radius 3 is 2.95 bits per heavy atom. The average molecular weight is 280 g/mol. The van der Waals surface area contributed by atoms with Crippen molar-refractivity contribution in [2.75, 3.05) is 13.6 Å². The van der Waals surface area contributed by atoms with Crippen LogP contribution in [0.15, 0.2) is 6.20 Å². The highest BCUT2D eigenvalue weighted by Gasteiger charge is 2.31. The maximum Gasteiger partial charge on any atom is 0.245 e. The lowest BCUT2D eigenvalue weighted by atomic mass is 10.0. The molecule has 1 fully saturated rings. The number of amides is 2. The highest BCUT2D eigenvalue weighted by Crippen LogP contribution is 2.17. The van der Waals surface area contributed by atoms with Crippen molar-refractivity contribution in [3.8, 4) is 0 Å². The molecule has 1 atom stereocenters. The molecule has 1 saturated heterocycles. The van der Waals surface area contributed by atoms with Crippen LogP contribution >= 0.6 is 0 Å². The number of nitrogens with one attached hydrogen (secondary N) is 1. The number of piperidine rings is 1. The third-order valence-electron chi connectivity index (χ3n) is 3.46. The van der Waals surface area contributed by atoms with Gasteiger partial charge < -0.3 is 16.0 Å². The predicted molar refractivity (Wildman–Crippen MR) is 71.3 cm³/mol. The minimum absolute atomic E-state index is 0.0838. The van der Waals surface area contributed by atoms with Crippen LogP contribution in [-0.2, 0) is 22.7 Å². The van der Waals surface area contributed by atoms with E-state index >= 15 is 0 Å². The molecule has 3 N–H and O–H groups in total. The molecule has 1 aromatic heterocycles. The summed E-state index contributed by atoms with van der Waals surface area (Å²) >= 11 is 0. The van der Waals surface area contributed by atoms with Gasteiger partial charge in [0.15, 0.2) is 0 Å². The molecule has 2 rings (SSSR count). The van der Waals surface area contributed by atoms with Gasteiger partial charge >= 0.3 is 0 Å². The molecule has 1 aromatic rings. The van der Waals surface area contributed by atoms with Gasteiger partial charge in [-0.05, 0) is 19.3 Å². The van der Waals surface area contributed by atoms with Gasteiger partial charge in [0.25, 0.3) is 0 Å². The van der Waals surface area contributed by atoms with Crippen LogP contribution in [0.3, 0.4) is 0 Å². The van der Waals surface area contributed by atoms with E-state index < -0.39 is 0 Å². The number of nitrogens with zero attached hydrogens (tertiary/aromatic N) is 4. The van der Waals surface area contributed by atoms with Gasteiger partial charge in [-0.25, -0.2) is 4.68 Å². The van der Waals surface area contributed by atoms with E-state index in [1.807, 2.05) is 0 Å². The average Bonchev–Trinajstić information content (AvgIpc) is 2.94. The minimum atomic E-state index is -0.376. The Balaban J connectivity index is 2.03. The van der Waals surface area contributed by atoms with Gasteiger partial charge in [-0.3, -0.25) is 9.59 Å². The molecule has 20 heavy (non-hydrogen) atoms. The van der Waals surface area contributed by atoms with Crippen LogP contribution in [0.2, 0.25) is 0 Å². The van der Waals surface area contributed by atoms with E-state index in [-0.39, 0.29) is 24.4 Å². The van der Waals surface area contributed by atoms with Gasteiger partial charge in [0, 0.05) is 20.1 Å². The van der Waals surface area contributed by atoms with E-state index in [4.69, 9.17) is 5.73 Å². The van der Waals surface area contributed by atoms with Crippen LogP contribution in [0.25, 0.3) is 0 Å². The van der Waals surface area contributed by atoms with Crippen molar-refractivity contribution in [3.05, 3.63) is 11.9 Å². The highest BCUT2D eigenvalue weighted by atomic mass is 16.2. The van der Waals surface area contributed by atoms with Crippen molar-refractivity contribution in [1.82, 2.24) is 25.2 Å². The van der Waals surface area contributed by atoms with Crippen molar-refractivity contribution in [3.63, 3.8) is 0 Å². The molecule has 0 aromatic carbocycles. The maximum absolute atomic E-state index is 12.3. The molecule has 2 amide bonds. The highest BCUT2D eigenvalue weighted by molar-refractivity contribution is 5.87. The Morgan fingerprint density at radius 1 is 1.50 bits per heavy atom. The third-order valence-corrected chi connectivity index (χ3v) is 3.46. The van der Waals surface area contributed by atoms with Gasteiger partial charge in [0.1, 0.15) is 12.6 Å². The molecule has 8 nitrogen and oxygen atoms in total. The third kappa shape index (κ3) is 3.13. The first-order valence-electron chi connectivity index (χ1n) is 6.76. The second-order valence-electron chi connectivity index (χ2n) is 4.82. The molecule has 8 heteroatoms. The molecule has 1 unspecified atom stereocenters. The zero-order valence-corrected chi connectivity index (χ0v) is 11.6. The molecule has 0 radical (unpaired) electrons. The number of likely N-dealkylation sites (N-methyl/N-ethyl adjacent to an activating group) is 1. The first-order valence-corrected chi connectivity index (χ1v) is 6.76. The summed E-state index contributed by atoms with van der Waals surface area (Å²) in [6.07, 6.45) is 4.24. The van der Waals surface area contributed by atoms with E-state index in [0.29, 0.717) is 25.2 Å². The van der Waals surface area contributed by atoms with E-state index in [9.17, 15) is 9.59 Å². The minimum Gasteiger partial charge on any atom is -0.357 e. The summed E-state index contributed by atoms with van der Waals surface area (Å²) in [5.74, 6) is -0.231. The maximum atomic E-state index is 12.3. The number of aromatic nitrogens is 3. The summed E-state index contributed by atoms with van der Waals surface area (Å²) in [4.78, 5) is 25.8. The zero-order chi connectivity index (χ0) is 14.5. The Bertz CT molecular complexity index is 486. The van der Waals surface area contributed by atoms with Crippen LogP contribution < -0.4 is 11.1 Å². The van der Waals surface area contributed by atoms with Crippen molar-refractivity contribution in [2.24, 2.45) is 5.73 Å².